The van der Waals surface area contributed by atoms with Gasteiger partial charge in [0.05, 0.1) is 5.75 Å². The molecule has 27 heavy (non-hydrogen) atoms. The highest BCUT2D eigenvalue weighted by Gasteiger charge is 2.15. The number of thioether (sulfide) groups is 1. The number of hydrogen-bond acceptors (Lipinski definition) is 7. The van der Waals surface area contributed by atoms with E-state index in [9.17, 15) is 14.4 Å². The van der Waals surface area contributed by atoms with Gasteiger partial charge in [-0.25, -0.2) is 0 Å². The molecule has 1 aromatic carbocycles. The van der Waals surface area contributed by atoms with Crippen LogP contribution in [-0.4, -0.2) is 37.3 Å². The van der Waals surface area contributed by atoms with Crippen molar-refractivity contribution in [3.63, 3.8) is 0 Å². The van der Waals surface area contributed by atoms with Gasteiger partial charge in [-0.05, 0) is 18.2 Å². The van der Waals surface area contributed by atoms with Crippen LogP contribution in [0, 0.1) is 0 Å². The van der Waals surface area contributed by atoms with Crippen LogP contribution in [0.5, 0.6) is 0 Å². The van der Waals surface area contributed by atoms with Crippen LogP contribution in [-0.2, 0) is 11.8 Å². The molecule has 3 rings (SSSR count). The number of imide groups is 1. The fourth-order valence-corrected chi connectivity index (χ4v) is 2.94. The molecule has 0 saturated carbocycles. The maximum absolute atomic E-state index is 12.2. The minimum Gasteiger partial charge on any atom is -0.398 e. The first-order valence-corrected chi connectivity index (χ1v) is 8.84. The van der Waals surface area contributed by atoms with Crippen LogP contribution in [0.15, 0.2) is 52.5 Å². The molecule has 0 bridgehead atoms. The van der Waals surface area contributed by atoms with Crippen molar-refractivity contribution in [1.29, 1.82) is 0 Å². The topological polar surface area (TPSA) is 136 Å². The molecule has 9 nitrogen and oxygen atoms in total. The van der Waals surface area contributed by atoms with Crippen molar-refractivity contribution in [3.8, 4) is 11.3 Å². The number of rotatable bonds is 5. The van der Waals surface area contributed by atoms with Crippen LogP contribution in [0.1, 0.15) is 10.5 Å². The molecule has 0 spiro atoms. The van der Waals surface area contributed by atoms with E-state index in [4.69, 9.17) is 5.73 Å². The second kappa shape index (κ2) is 7.87. The molecule has 0 radical (unpaired) electrons. The molecular formula is C17H16N6O3S. The third kappa shape index (κ3) is 4.23. The Morgan fingerprint density at radius 3 is 2.67 bits per heavy atom. The number of carbonyl (C=O) groups excluding carboxylic acids is 2. The first-order valence-electron chi connectivity index (χ1n) is 7.86. The second-order valence-corrected chi connectivity index (χ2v) is 6.53. The van der Waals surface area contributed by atoms with Crippen LogP contribution in [0.2, 0.25) is 0 Å². The van der Waals surface area contributed by atoms with E-state index in [-0.39, 0.29) is 16.6 Å². The summed E-state index contributed by atoms with van der Waals surface area (Å²) in [5, 5.41) is 10.3. The molecule has 0 atom stereocenters. The zero-order chi connectivity index (χ0) is 19.4. The number of nitrogen functional groups attached to an aromatic ring is 1. The maximum Gasteiger partial charge on any atom is 0.278 e. The summed E-state index contributed by atoms with van der Waals surface area (Å²) in [6.45, 7) is 0. The first kappa shape index (κ1) is 18.4. The van der Waals surface area contributed by atoms with Gasteiger partial charge in [-0.1, -0.05) is 30.0 Å². The number of aryl methyl sites for hydroxylation is 1. The molecule has 0 unspecified atom stereocenters. The quantitative estimate of drug-likeness (QED) is 0.437. The molecule has 0 aliphatic heterocycles. The molecule has 10 heteroatoms. The van der Waals surface area contributed by atoms with E-state index in [0.717, 1.165) is 11.8 Å². The van der Waals surface area contributed by atoms with Gasteiger partial charge in [0.15, 0.2) is 10.9 Å². The van der Waals surface area contributed by atoms with Crippen LogP contribution in [0.4, 0.5) is 5.69 Å². The molecule has 2 aromatic heterocycles. The minimum atomic E-state index is -0.509. The third-order valence-corrected chi connectivity index (χ3v) is 4.53. The lowest BCUT2D eigenvalue weighted by molar-refractivity contribution is -0.117. The van der Waals surface area contributed by atoms with E-state index in [0.29, 0.717) is 16.9 Å². The number of H-pyrrole nitrogens is 1. The number of benzene rings is 1. The largest absolute Gasteiger partial charge is 0.398 e. The number of hydrogen-bond donors (Lipinski definition) is 3. The lowest BCUT2D eigenvalue weighted by Gasteiger charge is -2.06. The predicted molar refractivity (Wildman–Crippen MR) is 101 cm³/mol. The van der Waals surface area contributed by atoms with Gasteiger partial charge in [-0.3, -0.25) is 24.7 Å². The first-order chi connectivity index (χ1) is 13.0. The number of amides is 2. The highest BCUT2D eigenvalue weighted by Crippen LogP contribution is 2.20. The molecule has 3 aromatic rings. The molecule has 0 saturated heterocycles. The molecule has 138 valence electrons. The summed E-state index contributed by atoms with van der Waals surface area (Å²) in [5.74, 6) is -1.11. The highest BCUT2D eigenvalue weighted by atomic mass is 32.2. The lowest BCUT2D eigenvalue weighted by atomic mass is 10.1. The van der Waals surface area contributed by atoms with Crippen molar-refractivity contribution in [2.24, 2.45) is 7.05 Å². The normalized spacial score (nSPS) is 10.6. The summed E-state index contributed by atoms with van der Waals surface area (Å²) < 4.78 is 1.60. The highest BCUT2D eigenvalue weighted by molar-refractivity contribution is 7.99. The average Bonchev–Trinajstić information content (AvgIpc) is 3.07. The smallest absolute Gasteiger partial charge is 0.278 e. The Balaban J connectivity index is 1.63. The summed E-state index contributed by atoms with van der Waals surface area (Å²) >= 11 is 0.963. The van der Waals surface area contributed by atoms with Gasteiger partial charge in [0.1, 0.15) is 5.69 Å². The van der Waals surface area contributed by atoms with Gasteiger partial charge >= 0.3 is 0 Å². The Bertz CT molecular complexity index is 1060. The number of aromatic nitrogens is 4. The van der Waals surface area contributed by atoms with E-state index in [1.807, 2.05) is 0 Å². The molecule has 2 amide bonds. The summed E-state index contributed by atoms with van der Waals surface area (Å²) in [5.41, 5.74) is 6.73. The standard InChI is InChI=1S/C17H16N6O3S/c1-23-8-4-7-12(23)15(25)19-13(24)9-27-17-20-16(26)14(21-22-17)10-5-2-3-6-11(10)18/h2-8H,9,18H2,1H3,(H,19,24,25)(H,20,22,26). The number of nitrogens with two attached hydrogens (primary N) is 1. The number of aromatic amines is 1. The summed E-state index contributed by atoms with van der Waals surface area (Å²) in [7, 11) is 1.70. The number of anilines is 1. The van der Waals surface area contributed by atoms with Crippen molar-refractivity contribution >= 4 is 29.3 Å². The fourth-order valence-electron chi connectivity index (χ4n) is 2.33. The second-order valence-electron chi connectivity index (χ2n) is 5.57. The molecule has 2 heterocycles. The minimum absolute atomic E-state index is 0.0980. The van der Waals surface area contributed by atoms with E-state index in [1.165, 1.54) is 0 Å². The van der Waals surface area contributed by atoms with Crippen LogP contribution in [0.3, 0.4) is 0 Å². The monoisotopic (exact) mass is 384 g/mol. The van der Waals surface area contributed by atoms with Crippen LogP contribution >= 0.6 is 11.8 Å². The number of para-hydroxylation sites is 1. The van der Waals surface area contributed by atoms with Gasteiger partial charge in [-0.15, -0.1) is 10.2 Å². The Hall–Kier alpha value is -3.40. The Kier molecular flexibility index (Phi) is 5.36. The third-order valence-electron chi connectivity index (χ3n) is 3.66. The molecule has 0 fully saturated rings. The number of carbonyl (C=O) groups is 2. The van der Waals surface area contributed by atoms with Crippen molar-refractivity contribution < 1.29 is 9.59 Å². The van der Waals surface area contributed by atoms with Crippen molar-refractivity contribution in [1.82, 2.24) is 25.1 Å². The Morgan fingerprint density at radius 2 is 2.00 bits per heavy atom. The zero-order valence-electron chi connectivity index (χ0n) is 14.3. The van der Waals surface area contributed by atoms with Crippen molar-refractivity contribution in [2.45, 2.75) is 5.16 Å². The van der Waals surface area contributed by atoms with Gasteiger partial charge in [0.25, 0.3) is 11.5 Å². The van der Waals surface area contributed by atoms with E-state index in [1.54, 1.807) is 54.2 Å². The van der Waals surface area contributed by atoms with E-state index in [2.05, 4.69) is 20.5 Å². The summed E-state index contributed by atoms with van der Waals surface area (Å²) in [6.07, 6.45) is 1.70. The molecule has 0 aliphatic rings. The van der Waals surface area contributed by atoms with Gasteiger partial charge in [-0.2, -0.15) is 0 Å². The molecular weight excluding hydrogens is 368 g/mol. The Labute approximate surface area is 158 Å². The van der Waals surface area contributed by atoms with Gasteiger partial charge in [0, 0.05) is 24.5 Å². The SMILES string of the molecule is Cn1cccc1C(=O)NC(=O)CSc1nnc(-c2ccccc2N)c(=O)[nH]1. The fraction of sp³-hybridized carbons (Fsp3) is 0.118. The predicted octanol–water partition coefficient (Wildman–Crippen LogP) is 0.801. The number of nitrogens with zero attached hydrogens (tertiary/aromatic N) is 3. The average molecular weight is 384 g/mol. The Morgan fingerprint density at radius 1 is 1.22 bits per heavy atom. The molecule has 0 aliphatic carbocycles. The van der Waals surface area contributed by atoms with Crippen LogP contribution in [0.25, 0.3) is 11.3 Å². The van der Waals surface area contributed by atoms with E-state index < -0.39 is 17.4 Å². The number of nitrogens with one attached hydrogen (secondary N) is 2. The van der Waals surface area contributed by atoms with Crippen molar-refractivity contribution in [2.75, 3.05) is 11.5 Å². The van der Waals surface area contributed by atoms with Crippen LogP contribution < -0.4 is 16.6 Å². The van der Waals surface area contributed by atoms with Gasteiger partial charge < -0.3 is 10.3 Å². The van der Waals surface area contributed by atoms with E-state index >= 15 is 0 Å². The lowest BCUT2D eigenvalue weighted by Crippen LogP contribution is -2.33. The van der Waals surface area contributed by atoms with Crippen molar-refractivity contribution in [3.05, 3.63) is 58.6 Å². The molecule has 4 N–H and O–H groups in total. The maximum atomic E-state index is 12.2. The summed E-state index contributed by atoms with van der Waals surface area (Å²) in [6, 6.07) is 10.1. The zero-order valence-corrected chi connectivity index (χ0v) is 15.1. The van der Waals surface area contributed by atoms with Gasteiger partial charge in [0.2, 0.25) is 5.91 Å². The summed E-state index contributed by atoms with van der Waals surface area (Å²) in [4.78, 5) is 38.7.